The zero-order valence-corrected chi connectivity index (χ0v) is 14.5. The fourth-order valence-corrected chi connectivity index (χ4v) is 3.80. The number of H-pyrrole nitrogens is 1. The lowest BCUT2D eigenvalue weighted by Crippen LogP contribution is -2.47. The van der Waals surface area contributed by atoms with E-state index in [2.05, 4.69) is 14.9 Å². The first-order chi connectivity index (χ1) is 12.1. The molecule has 25 heavy (non-hydrogen) atoms. The molecule has 1 saturated heterocycles. The SMILES string of the molecule is CC(C(=O)N1CCc2nc(-c3cccc(F)c3)[nH]c2C1)N1CCCC1. The lowest BCUT2D eigenvalue weighted by molar-refractivity contribution is -0.137. The van der Waals surface area contributed by atoms with Crippen LogP contribution in [0.3, 0.4) is 0 Å². The average Bonchev–Trinajstić information content (AvgIpc) is 3.29. The van der Waals surface area contributed by atoms with Crippen LogP contribution in [0.15, 0.2) is 24.3 Å². The molecule has 1 N–H and O–H groups in total. The summed E-state index contributed by atoms with van der Waals surface area (Å²) in [4.78, 5) is 24.9. The van der Waals surface area contributed by atoms with Crippen molar-refractivity contribution in [3.63, 3.8) is 0 Å². The Labute approximate surface area is 146 Å². The van der Waals surface area contributed by atoms with E-state index in [1.807, 2.05) is 17.9 Å². The number of benzene rings is 1. The number of aromatic nitrogens is 2. The van der Waals surface area contributed by atoms with E-state index in [1.54, 1.807) is 6.07 Å². The molecule has 132 valence electrons. The van der Waals surface area contributed by atoms with E-state index in [0.29, 0.717) is 18.9 Å². The van der Waals surface area contributed by atoms with E-state index in [9.17, 15) is 9.18 Å². The number of likely N-dealkylation sites (tertiary alicyclic amines) is 1. The molecule has 1 aromatic carbocycles. The molecule has 6 heteroatoms. The number of halogens is 1. The van der Waals surface area contributed by atoms with Gasteiger partial charge in [0.2, 0.25) is 5.91 Å². The second-order valence-electron chi connectivity index (χ2n) is 6.95. The van der Waals surface area contributed by atoms with E-state index in [0.717, 1.165) is 36.5 Å². The van der Waals surface area contributed by atoms with Crippen molar-refractivity contribution in [3.05, 3.63) is 41.5 Å². The van der Waals surface area contributed by atoms with Crippen LogP contribution in [0.25, 0.3) is 11.4 Å². The number of nitrogens with one attached hydrogen (secondary N) is 1. The normalized spacial score (nSPS) is 19.0. The van der Waals surface area contributed by atoms with Crippen LogP contribution in [-0.2, 0) is 17.8 Å². The molecule has 1 fully saturated rings. The van der Waals surface area contributed by atoms with Crippen LogP contribution in [0, 0.1) is 5.82 Å². The van der Waals surface area contributed by atoms with Crippen molar-refractivity contribution >= 4 is 5.91 Å². The maximum atomic E-state index is 13.4. The third kappa shape index (κ3) is 3.18. The van der Waals surface area contributed by atoms with Crippen LogP contribution in [0.1, 0.15) is 31.2 Å². The van der Waals surface area contributed by atoms with Crippen LogP contribution in [0.5, 0.6) is 0 Å². The molecule has 5 nitrogen and oxygen atoms in total. The molecular formula is C19H23FN4O. The summed E-state index contributed by atoms with van der Waals surface area (Å²) in [5.74, 6) is 0.587. The standard InChI is InChI=1S/C19H23FN4O/c1-13(23-8-2-3-9-23)19(25)24-10-7-16-17(12-24)22-18(21-16)14-5-4-6-15(20)11-14/h4-6,11,13H,2-3,7-10,12H2,1H3,(H,21,22). The Kier molecular flexibility index (Phi) is 4.29. The average molecular weight is 342 g/mol. The van der Waals surface area contributed by atoms with Gasteiger partial charge in [0.15, 0.2) is 0 Å². The van der Waals surface area contributed by atoms with Gasteiger partial charge in [-0.25, -0.2) is 9.37 Å². The Hall–Kier alpha value is -2.21. The molecule has 1 atom stereocenters. The van der Waals surface area contributed by atoms with Crippen LogP contribution in [-0.4, -0.2) is 51.4 Å². The molecule has 2 aromatic rings. The molecule has 0 radical (unpaired) electrons. The van der Waals surface area contributed by atoms with Gasteiger partial charge in [-0.2, -0.15) is 0 Å². The zero-order valence-electron chi connectivity index (χ0n) is 14.5. The number of imidazole rings is 1. The molecular weight excluding hydrogens is 319 g/mol. The topological polar surface area (TPSA) is 52.2 Å². The van der Waals surface area contributed by atoms with Crippen molar-refractivity contribution in [1.82, 2.24) is 19.8 Å². The molecule has 0 saturated carbocycles. The maximum absolute atomic E-state index is 13.4. The number of amides is 1. The van der Waals surface area contributed by atoms with Gasteiger partial charge in [-0.05, 0) is 45.0 Å². The summed E-state index contributed by atoms with van der Waals surface area (Å²) < 4.78 is 13.4. The summed E-state index contributed by atoms with van der Waals surface area (Å²) in [6.07, 6.45) is 3.10. The first-order valence-electron chi connectivity index (χ1n) is 8.98. The van der Waals surface area contributed by atoms with Crippen LogP contribution in [0.2, 0.25) is 0 Å². The summed E-state index contributed by atoms with van der Waals surface area (Å²) in [5, 5.41) is 0. The number of rotatable bonds is 3. The van der Waals surface area contributed by atoms with Gasteiger partial charge in [-0.1, -0.05) is 12.1 Å². The van der Waals surface area contributed by atoms with E-state index >= 15 is 0 Å². The first-order valence-corrected chi connectivity index (χ1v) is 8.98. The van der Waals surface area contributed by atoms with Gasteiger partial charge < -0.3 is 9.88 Å². The number of nitrogens with zero attached hydrogens (tertiary/aromatic N) is 3. The summed E-state index contributed by atoms with van der Waals surface area (Å²) >= 11 is 0. The summed E-state index contributed by atoms with van der Waals surface area (Å²) in [6.45, 7) is 5.28. The quantitative estimate of drug-likeness (QED) is 0.933. The van der Waals surface area contributed by atoms with Crippen molar-refractivity contribution < 1.29 is 9.18 Å². The smallest absolute Gasteiger partial charge is 0.240 e. The third-order valence-corrected chi connectivity index (χ3v) is 5.29. The highest BCUT2D eigenvalue weighted by Gasteiger charge is 2.30. The predicted octanol–water partition coefficient (Wildman–Crippen LogP) is 2.58. The molecule has 4 rings (SSSR count). The Morgan fingerprint density at radius 2 is 2.08 bits per heavy atom. The number of hydrogen-bond donors (Lipinski definition) is 1. The lowest BCUT2D eigenvalue weighted by atomic mass is 10.1. The van der Waals surface area contributed by atoms with Crippen molar-refractivity contribution in [1.29, 1.82) is 0 Å². The largest absolute Gasteiger partial charge is 0.340 e. The van der Waals surface area contributed by atoms with Crippen molar-refractivity contribution in [3.8, 4) is 11.4 Å². The summed E-state index contributed by atoms with van der Waals surface area (Å²) in [6, 6.07) is 6.36. The Morgan fingerprint density at radius 3 is 2.84 bits per heavy atom. The Balaban J connectivity index is 1.50. The molecule has 0 aliphatic carbocycles. The first kappa shape index (κ1) is 16.3. The van der Waals surface area contributed by atoms with Crippen molar-refractivity contribution in [2.75, 3.05) is 19.6 Å². The Bertz CT molecular complexity index is 781. The summed E-state index contributed by atoms with van der Waals surface area (Å²) in [7, 11) is 0. The van der Waals surface area contributed by atoms with Gasteiger partial charge in [0.25, 0.3) is 0 Å². The van der Waals surface area contributed by atoms with Crippen LogP contribution >= 0.6 is 0 Å². The molecule has 1 amide bonds. The number of carbonyl (C=O) groups is 1. The van der Waals surface area contributed by atoms with Gasteiger partial charge >= 0.3 is 0 Å². The maximum Gasteiger partial charge on any atom is 0.240 e. The second-order valence-corrected chi connectivity index (χ2v) is 6.95. The molecule has 2 aliphatic heterocycles. The number of hydrogen-bond acceptors (Lipinski definition) is 3. The minimum Gasteiger partial charge on any atom is -0.340 e. The minimum atomic E-state index is -0.275. The fourth-order valence-electron chi connectivity index (χ4n) is 3.80. The van der Waals surface area contributed by atoms with Crippen LogP contribution in [0.4, 0.5) is 4.39 Å². The zero-order chi connectivity index (χ0) is 17.4. The van der Waals surface area contributed by atoms with Gasteiger partial charge in [0.1, 0.15) is 11.6 Å². The van der Waals surface area contributed by atoms with Gasteiger partial charge in [-0.15, -0.1) is 0 Å². The number of carbonyl (C=O) groups excluding carboxylic acids is 1. The monoisotopic (exact) mass is 342 g/mol. The number of aromatic amines is 1. The number of fused-ring (bicyclic) bond motifs is 1. The van der Waals surface area contributed by atoms with Gasteiger partial charge in [0, 0.05) is 18.5 Å². The van der Waals surface area contributed by atoms with E-state index < -0.39 is 0 Å². The van der Waals surface area contributed by atoms with Gasteiger partial charge in [-0.3, -0.25) is 9.69 Å². The highest BCUT2D eigenvalue weighted by Crippen LogP contribution is 2.24. The molecule has 1 aromatic heterocycles. The highest BCUT2D eigenvalue weighted by molar-refractivity contribution is 5.81. The van der Waals surface area contributed by atoms with Crippen molar-refractivity contribution in [2.24, 2.45) is 0 Å². The fraction of sp³-hybridized carbons (Fsp3) is 0.474. The van der Waals surface area contributed by atoms with E-state index in [-0.39, 0.29) is 17.8 Å². The Morgan fingerprint density at radius 1 is 1.28 bits per heavy atom. The molecule has 1 unspecified atom stereocenters. The minimum absolute atomic E-state index is 0.0605. The van der Waals surface area contributed by atoms with Gasteiger partial charge in [0.05, 0.1) is 24.0 Å². The van der Waals surface area contributed by atoms with Crippen LogP contribution < -0.4 is 0 Å². The second kappa shape index (κ2) is 6.59. The predicted molar refractivity (Wildman–Crippen MR) is 93.4 cm³/mol. The summed E-state index contributed by atoms with van der Waals surface area (Å²) in [5.41, 5.74) is 2.68. The highest BCUT2D eigenvalue weighted by atomic mass is 19.1. The van der Waals surface area contributed by atoms with Crippen molar-refractivity contribution in [2.45, 2.75) is 38.8 Å². The molecule has 2 aliphatic rings. The lowest BCUT2D eigenvalue weighted by Gasteiger charge is -2.32. The van der Waals surface area contributed by atoms with E-state index in [1.165, 1.54) is 25.0 Å². The van der Waals surface area contributed by atoms with E-state index in [4.69, 9.17) is 0 Å². The molecule has 0 bridgehead atoms. The molecule has 0 spiro atoms. The third-order valence-electron chi connectivity index (χ3n) is 5.29. The molecule has 3 heterocycles.